The molecule has 0 spiro atoms. The highest BCUT2D eigenvalue weighted by atomic mass is 16.5. The second-order valence-corrected chi connectivity index (χ2v) is 8.51. The minimum absolute atomic E-state index is 0.0348. The lowest BCUT2D eigenvalue weighted by Crippen LogP contribution is -2.34. The number of benzene rings is 1. The van der Waals surface area contributed by atoms with Gasteiger partial charge in [0.05, 0.1) is 20.3 Å². The molecule has 0 fully saturated rings. The normalized spacial score (nSPS) is 15.2. The van der Waals surface area contributed by atoms with E-state index in [-0.39, 0.29) is 18.6 Å². The smallest absolute Gasteiger partial charge is 0.246 e. The maximum Gasteiger partial charge on any atom is 0.246 e. The third-order valence-corrected chi connectivity index (χ3v) is 5.67. The molecule has 9 nitrogen and oxygen atoms in total. The first-order valence-electron chi connectivity index (χ1n) is 11.1. The predicted molar refractivity (Wildman–Crippen MR) is 121 cm³/mol. The molecular formula is C23H35N5O4. The Kier molecular flexibility index (Phi) is 8.46. The topological polar surface area (TPSA) is 90.7 Å². The lowest BCUT2D eigenvalue weighted by molar-refractivity contribution is -0.125. The summed E-state index contributed by atoms with van der Waals surface area (Å²) in [6, 6.07) is 5.74. The average molecular weight is 446 g/mol. The fourth-order valence-corrected chi connectivity index (χ4v) is 4.10. The van der Waals surface area contributed by atoms with E-state index in [1.54, 1.807) is 14.2 Å². The zero-order valence-electron chi connectivity index (χ0n) is 19.8. The fraction of sp³-hybridized carbons (Fsp3) is 0.609. The highest BCUT2D eigenvalue weighted by molar-refractivity contribution is 5.77. The molecule has 1 N–H and O–H groups in total. The van der Waals surface area contributed by atoms with Gasteiger partial charge >= 0.3 is 0 Å². The second-order valence-electron chi connectivity index (χ2n) is 8.51. The van der Waals surface area contributed by atoms with Gasteiger partial charge in [0, 0.05) is 51.3 Å². The number of aromatic nitrogens is 3. The van der Waals surface area contributed by atoms with E-state index in [1.807, 2.05) is 12.1 Å². The number of carbonyl (C=O) groups is 1. The number of fused-ring (bicyclic) bond motifs is 1. The Bertz CT molecular complexity index is 899. The third-order valence-electron chi connectivity index (χ3n) is 5.67. The van der Waals surface area contributed by atoms with E-state index in [1.165, 1.54) is 7.11 Å². The van der Waals surface area contributed by atoms with Gasteiger partial charge < -0.3 is 24.1 Å². The van der Waals surface area contributed by atoms with Crippen LogP contribution in [-0.4, -0.2) is 66.6 Å². The molecule has 32 heavy (non-hydrogen) atoms. The van der Waals surface area contributed by atoms with Crippen molar-refractivity contribution in [2.45, 2.75) is 45.8 Å². The van der Waals surface area contributed by atoms with Crippen LogP contribution >= 0.6 is 0 Å². The standard InChI is InChI=1S/C23H35N5O4/c1-16(2)12-19(24-22(29)15-30-3)23-26-25-21-8-9-27(10-11-28(21)23)14-17-6-7-18(31-4)13-20(17)32-5/h6-7,13,16,19H,8-12,14-15H2,1-5H3,(H,24,29). The van der Waals surface area contributed by atoms with Crippen LogP contribution in [0, 0.1) is 5.92 Å². The summed E-state index contributed by atoms with van der Waals surface area (Å²) in [6.07, 6.45) is 1.59. The van der Waals surface area contributed by atoms with Crippen molar-refractivity contribution in [1.29, 1.82) is 0 Å². The van der Waals surface area contributed by atoms with Crippen LogP contribution in [0.15, 0.2) is 18.2 Å². The molecule has 0 saturated heterocycles. The molecule has 3 rings (SSSR count). The highest BCUT2D eigenvalue weighted by Gasteiger charge is 2.26. The molecule has 0 aliphatic carbocycles. The predicted octanol–water partition coefficient (Wildman–Crippen LogP) is 2.20. The fourth-order valence-electron chi connectivity index (χ4n) is 4.10. The minimum Gasteiger partial charge on any atom is -0.497 e. The second kappa shape index (κ2) is 11.3. The van der Waals surface area contributed by atoms with Gasteiger partial charge in [-0.05, 0) is 18.4 Å². The lowest BCUT2D eigenvalue weighted by atomic mass is 10.0. The molecule has 1 amide bonds. The molecule has 0 saturated carbocycles. The summed E-state index contributed by atoms with van der Waals surface area (Å²) in [6.45, 7) is 7.59. The minimum atomic E-state index is -0.188. The first-order chi connectivity index (χ1) is 15.4. The SMILES string of the molecule is COCC(=O)NC(CC(C)C)c1nnc2n1CCN(Cc1ccc(OC)cc1OC)CC2. The first-order valence-corrected chi connectivity index (χ1v) is 11.1. The van der Waals surface area contributed by atoms with Gasteiger partial charge in [-0.15, -0.1) is 10.2 Å². The van der Waals surface area contributed by atoms with E-state index in [0.717, 1.165) is 67.7 Å². The monoisotopic (exact) mass is 445 g/mol. The van der Waals surface area contributed by atoms with Crippen molar-refractivity contribution >= 4 is 5.91 Å². The number of ether oxygens (including phenoxy) is 3. The van der Waals surface area contributed by atoms with Gasteiger partial charge in [-0.25, -0.2) is 0 Å². The first kappa shape index (κ1) is 24.0. The third kappa shape index (κ3) is 5.98. The molecule has 2 heterocycles. The number of hydrogen-bond acceptors (Lipinski definition) is 7. The van der Waals surface area contributed by atoms with E-state index >= 15 is 0 Å². The zero-order valence-corrected chi connectivity index (χ0v) is 19.8. The van der Waals surface area contributed by atoms with E-state index in [4.69, 9.17) is 14.2 Å². The Balaban J connectivity index is 1.73. The van der Waals surface area contributed by atoms with Crippen LogP contribution < -0.4 is 14.8 Å². The maximum absolute atomic E-state index is 12.2. The Morgan fingerprint density at radius 3 is 2.62 bits per heavy atom. The van der Waals surface area contributed by atoms with Crippen LogP contribution in [0.25, 0.3) is 0 Å². The van der Waals surface area contributed by atoms with Crippen molar-refractivity contribution < 1.29 is 19.0 Å². The van der Waals surface area contributed by atoms with Gasteiger partial charge in [0.25, 0.3) is 0 Å². The summed E-state index contributed by atoms with van der Waals surface area (Å²) in [4.78, 5) is 14.6. The molecule has 176 valence electrons. The number of hydrogen-bond donors (Lipinski definition) is 1. The van der Waals surface area contributed by atoms with E-state index in [0.29, 0.717) is 5.92 Å². The van der Waals surface area contributed by atoms with Crippen molar-refractivity contribution in [3.05, 3.63) is 35.4 Å². The van der Waals surface area contributed by atoms with Crippen LogP contribution in [0.1, 0.15) is 43.5 Å². The zero-order chi connectivity index (χ0) is 23.1. The van der Waals surface area contributed by atoms with Crippen molar-refractivity contribution in [2.75, 3.05) is 41.0 Å². The summed E-state index contributed by atoms with van der Waals surface area (Å²) in [5.74, 6) is 3.65. The highest BCUT2D eigenvalue weighted by Crippen LogP contribution is 2.27. The Hall–Kier alpha value is -2.65. The van der Waals surface area contributed by atoms with Gasteiger partial charge in [0.2, 0.25) is 5.91 Å². The molecule has 9 heteroatoms. The summed E-state index contributed by atoms with van der Waals surface area (Å²) >= 11 is 0. The Labute approximate surface area is 190 Å². The number of nitrogens with one attached hydrogen (secondary N) is 1. The summed E-state index contributed by atoms with van der Waals surface area (Å²) in [5, 5.41) is 12.0. The van der Waals surface area contributed by atoms with Crippen LogP contribution in [0.2, 0.25) is 0 Å². The molecule has 1 unspecified atom stereocenters. The molecule has 1 aliphatic heterocycles. The number of amides is 1. The van der Waals surface area contributed by atoms with Gasteiger partial charge in [0.15, 0.2) is 5.82 Å². The molecule has 1 aliphatic rings. The molecular weight excluding hydrogens is 410 g/mol. The molecule has 1 aromatic heterocycles. The summed E-state index contributed by atoms with van der Waals surface area (Å²) < 4.78 is 18.0. The van der Waals surface area contributed by atoms with E-state index in [2.05, 4.69) is 44.9 Å². The summed E-state index contributed by atoms with van der Waals surface area (Å²) in [5.41, 5.74) is 1.12. The Morgan fingerprint density at radius 1 is 1.12 bits per heavy atom. The molecule has 0 radical (unpaired) electrons. The van der Waals surface area contributed by atoms with Crippen LogP contribution in [0.4, 0.5) is 0 Å². The molecule has 0 bridgehead atoms. The quantitative estimate of drug-likeness (QED) is 0.600. The number of methoxy groups -OCH3 is 3. The van der Waals surface area contributed by atoms with Crippen molar-refractivity contribution in [3.63, 3.8) is 0 Å². The van der Waals surface area contributed by atoms with Crippen molar-refractivity contribution in [2.24, 2.45) is 5.92 Å². The molecule has 1 atom stereocenters. The maximum atomic E-state index is 12.2. The van der Waals surface area contributed by atoms with E-state index in [9.17, 15) is 4.79 Å². The van der Waals surface area contributed by atoms with Gasteiger partial charge in [-0.2, -0.15) is 0 Å². The van der Waals surface area contributed by atoms with Gasteiger partial charge in [-0.3, -0.25) is 9.69 Å². The van der Waals surface area contributed by atoms with Crippen LogP contribution in [-0.2, 0) is 29.0 Å². The number of nitrogens with zero attached hydrogens (tertiary/aromatic N) is 4. The van der Waals surface area contributed by atoms with Crippen LogP contribution in [0.3, 0.4) is 0 Å². The van der Waals surface area contributed by atoms with Gasteiger partial charge in [-0.1, -0.05) is 19.9 Å². The van der Waals surface area contributed by atoms with Crippen LogP contribution in [0.5, 0.6) is 11.5 Å². The number of carbonyl (C=O) groups excluding carboxylic acids is 1. The largest absolute Gasteiger partial charge is 0.497 e. The average Bonchev–Trinajstić information content (AvgIpc) is 3.07. The number of rotatable bonds is 10. The molecule has 2 aromatic rings. The van der Waals surface area contributed by atoms with E-state index < -0.39 is 0 Å². The summed E-state index contributed by atoms with van der Waals surface area (Å²) in [7, 11) is 4.86. The van der Waals surface area contributed by atoms with Crippen molar-refractivity contribution in [1.82, 2.24) is 25.0 Å². The van der Waals surface area contributed by atoms with Gasteiger partial charge in [0.1, 0.15) is 23.9 Å². The molecule has 1 aromatic carbocycles. The van der Waals surface area contributed by atoms with Crippen molar-refractivity contribution in [3.8, 4) is 11.5 Å². The Morgan fingerprint density at radius 2 is 1.94 bits per heavy atom. The lowest BCUT2D eigenvalue weighted by Gasteiger charge is -2.23.